The number of hydrogen-bond acceptors (Lipinski definition) is 2. The summed E-state index contributed by atoms with van der Waals surface area (Å²) in [5.41, 5.74) is 1.05. The average molecular weight is 283 g/mol. The SMILES string of the molecule is CC(c1ccc2ccccc2c1O)N1[C@H](C)CCC[C@@H]1C. The molecule has 0 bridgehead atoms. The maximum absolute atomic E-state index is 10.7. The standard InChI is InChI=1S/C19H25NO/c1-13-7-6-8-14(2)20(13)15(3)17-12-11-16-9-4-5-10-18(16)19(17)21/h4-5,9-15,21H,6-8H2,1-3H3/t13-,14+,15?. The van der Waals surface area contributed by atoms with Gasteiger partial charge in [0.15, 0.2) is 0 Å². The molecule has 21 heavy (non-hydrogen) atoms. The highest BCUT2D eigenvalue weighted by Crippen LogP contribution is 2.38. The van der Waals surface area contributed by atoms with Crippen LogP contribution in [0.25, 0.3) is 10.8 Å². The molecule has 2 heteroatoms. The van der Waals surface area contributed by atoms with E-state index in [2.05, 4.69) is 43.9 Å². The van der Waals surface area contributed by atoms with Crippen molar-refractivity contribution in [1.82, 2.24) is 4.90 Å². The van der Waals surface area contributed by atoms with Gasteiger partial charge in [0.1, 0.15) is 5.75 Å². The second-order valence-corrected chi connectivity index (χ2v) is 6.48. The summed E-state index contributed by atoms with van der Waals surface area (Å²) in [4.78, 5) is 2.56. The number of phenols is 1. The molecule has 0 amide bonds. The first-order chi connectivity index (χ1) is 10.1. The van der Waals surface area contributed by atoms with Gasteiger partial charge in [-0.05, 0) is 39.0 Å². The van der Waals surface area contributed by atoms with Crippen molar-refractivity contribution in [3.8, 4) is 5.75 Å². The fraction of sp³-hybridized carbons (Fsp3) is 0.474. The number of rotatable bonds is 2. The minimum Gasteiger partial charge on any atom is -0.507 e. The molecule has 112 valence electrons. The molecule has 0 aromatic heterocycles. The molecule has 2 aromatic rings. The molecule has 1 saturated heterocycles. The fourth-order valence-electron chi connectivity index (χ4n) is 3.97. The molecule has 3 rings (SSSR count). The van der Waals surface area contributed by atoms with Gasteiger partial charge in [0.25, 0.3) is 0 Å². The Balaban J connectivity index is 2.01. The lowest BCUT2D eigenvalue weighted by molar-refractivity contribution is 0.0614. The minimum absolute atomic E-state index is 0.250. The Morgan fingerprint density at radius 1 is 1.05 bits per heavy atom. The third-order valence-corrected chi connectivity index (χ3v) is 5.09. The van der Waals surface area contributed by atoms with Crippen molar-refractivity contribution in [2.45, 2.75) is 58.2 Å². The van der Waals surface area contributed by atoms with E-state index in [0.717, 1.165) is 16.3 Å². The van der Waals surface area contributed by atoms with Crippen molar-refractivity contribution < 1.29 is 5.11 Å². The predicted molar refractivity (Wildman–Crippen MR) is 88.6 cm³/mol. The fourth-order valence-corrected chi connectivity index (χ4v) is 3.97. The molecule has 0 radical (unpaired) electrons. The van der Waals surface area contributed by atoms with E-state index in [1.807, 2.05) is 18.2 Å². The van der Waals surface area contributed by atoms with Crippen LogP contribution in [0.1, 0.15) is 51.6 Å². The summed E-state index contributed by atoms with van der Waals surface area (Å²) in [6, 6.07) is 13.7. The summed E-state index contributed by atoms with van der Waals surface area (Å²) in [5.74, 6) is 0.450. The maximum Gasteiger partial charge on any atom is 0.128 e. The molecule has 2 aromatic carbocycles. The zero-order valence-electron chi connectivity index (χ0n) is 13.2. The molecule has 0 aliphatic carbocycles. The number of nitrogens with zero attached hydrogens (tertiary/aromatic N) is 1. The zero-order valence-corrected chi connectivity index (χ0v) is 13.2. The van der Waals surface area contributed by atoms with Crippen LogP contribution in [0.15, 0.2) is 36.4 Å². The van der Waals surface area contributed by atoms with Crippen molar-refractivity contribution >= 4 is 10.8 Å². The highest BCUT2D eigenvalue weighted by atomic mass is 16.3. The second-order valence-electron chi connectivity index (χ2n) is 6.48. The van der Waals surface area contributed by atoms with E-state index in [0.29, 0.717) is 17.8 Å². The number of phenolic OH excluding ortho intramolecular Hbond substituents is 1. The van der Waals surface area contributed by atoms with E-state index < -0.39 is 0 Å². The third kappa shape index (κ3) is 2.53. The van der Waals surface area contributed by atoms with Gasteiger partial charge in [-0.1, -0.05) is 42.8 Å². The van der Waals surface area contributed by atoms with Crippen LogP contribution in [-0.2, 0) is 0 Å². The maximum atomic E-state index is 10.7. The molecule has 1 aliphatic rings. The lowest BCUT2D eigenvalue weighted by Crippen LogP contribution is -2.45. The van der Waals surface area contributed by atoms with Crippen LogP contribution in [0, 0.1) is 0 Å². The van der Waals surface area contributed by atoms with Crippen LogP contribution < -0.4 is 0 Å². The Morgan fingerprint density at radius 2 is 1.71 bits per heavy atom. The first-order valence-electron chi connectivity index (χ1n) is 8.07. The molecule has 1 heterocycles. The molecule has 1 N–H and O–H groups in total. The average Bonchev–Trinajstić information content (AvgIpc) is 2.47. The van der Waals surface area contributed by atoms with E-state index in [1.165, 1.54) is 19.3 Å². The molecule has 0 saturated carbocycles. The Kier molecular flexibility index (Phi) is 3.90. The Bertz CT molecular complexity index is 626. The summed E-state index contributed by atoms with van der Waals surface area (Å²) in [5, 5.41) is 12.8. The van der Waals surface area contributed by atoms with Crippen molar-refractivity contribution in [1.29, 1.82) is 0 Å². The van der Waals surface area contributed by atoms with Crippen LogP contribution >= 0.6 is 0 Å². The number of benzene rings is 2. The Hall–Kier alpha value is -1.54. The monoisotopic (exact) mass is 283 g/mol. The number of hydrogen-bond donors (Lipinski definition) is 1. The number of piperidine rings is 1. The molecular weight excluding hydrogens is 258 g/mol. The van der Waals surface area contributed by atoms with Crippen LogP contribution in [0.2, 0.25) is 0 Å². The quantitative estimate of drug-likeness (QED) is 0.850. The number of likely N-dealkylation sites (tertiary alicyclic amines) is 1. The summed E-state index contributed by atoms with van der Waals surface area (Å²) in [6.07, 6.45) is 3.82. The van der Waals surface area contributed by atoms with E-state index >= 15 is 0 Å². The van der Waals surface area contributed by atoms with Gasteiger partial charge in [-0.3, -0.25) is 4.90 Å². The van der Waals surface area contributed by atoms with Gasteiger partial charge < -0.3 is 5.11 Å². The Morgan fingerprint density at radius 3 is 2.43 bits per heavy atom. The van der Waals surface area contributed by atoms with Gasteiger partial charge >= 0.3 is 0 Å². The van der Waals surface area contributed by atoms with Crippen molar-refractivity contribution in [2.75, 3.05) is 0 Å². The van der Waals surface area contributed by atoms with Crippen molar-refractivity contribution in [3.63, 3.8) is 0 Å². The smallest absolute Gasteiger partial charge is 0.128 e. The summed E-state index contributed by atoms with van der Waals surface area (Å²) >= 11 is 0. The second kappa shape index (κ2) is 5.69. The van der Waals surface area contributed by atoms with Crippen LogP contribution in [0.4, 0.5) is 0 Å². The van der Waals surface area contributed by atoms with Gasteiger partial charge in [0, 0.05) is 29.1 Å². The molecule has 2 nitrogen and oxygen atoms in total. The lowest BCUT2D eigenvalue weighted by Gasteiger charge is -2.43. The van der Waals surface area contributed by atoms with Crippen LogP contribution in [0.5, 0.6) is 5.75 Å². The zero-order chi connectivity index (χ0) is 15.0. The van der Waals surface area contributed by atoms with Crippen LogP contribution in [-0.4, -0.2) is 22.1 Å². The molecular formula is C19H25NO. The lowest BCUT2D eigenvalue weighted by atomic mass is 9.92. The first-order valence-corrected chi connectivity index (χ1v) is 8.07. The van der Waals surface area contributed by atoms with E-state index in [4.69, 9.17) is 0 Å². The molecule has 1 fully saturated rings. The highest BCUT2D eigenvalue weighted by molar-refractivity contribution is 5.89. The molecule has 3 atom stereocenters. The van der Waals surface area contributed by atoms with Gasteiger partial charge in [0.2, 0.25) is 0 Å². The van der Waals surface area contributed by atoms with Gasteiger partial charge in [-0.15, -0.1) is 0 Å². The number of fused-ring (bicyclic) bond motifs is 1. The van der Waals surface area contributed by atoms with Gasteiger partial charge in [-0.2, -0.15) is 0 Å². The Labute approximate surface area is 127 Å². The molecule has 0 spiro atoms. The van der Waals surface area contributed by atoms with E-state index in [9.17, 15) is 5.11 Å². The minimum atomic E-state index is 0.250. The van der Waals surface area contributed by atoms with E-state index in [-0.39, 0.29) is 6.04 Å². The summed E-state index contributed by atoms with van der Waals surface area (Å²) in [6.45, 7) is 6.84. The first kappa shape index (κ1) is 14.4. The summed E-state index contributed by atoms with van der Waals surface area (Å²) < 4.78 is 0. The normalized spacial score (nSPS) is 25.1. The largest absolute Gasteiger partial charge is 0.507 e. The van der Waals surface area contributed by atoms with E-state index in [1.54, 1.807) is 0 Å². The van der Waals surface area contributed by atoms with Crippen LogP contribution in [0.3, 0.4) is 0 Å². The molecule has 1 unspecified atom stereocenters. The topological polar surface area (TPSA) is 23.5 Å². The highest BCUT2D eigenvalue weighted by Gasteiger charge is 2.30. The molecule has 1 aliphatic heterocycles. The van der Waals surface area contributed by atoms with Gasteiger partial charge in [0.05, 0.1) is 0 Å². The third-order valence-electron chi connectivity index (χ3n) is 5.09. The van der Waals surface area contributed by atoms with Gasteiger partial charge in [-0.25, -0.2) is 0 Å². The summed E-state index contributed by atoms with van der Waals surface area (Å²) in [7, 11) is 0. The number of aromatic hydroxyl groups is 1. The predicted octanol–water partition coefficient (Wildman–Crippen LogP) is 4.87. The van der Waals surface area contributed by atoms with Crippen molar-refractivity contribution in [3.05, 3.63) is 42.0 Å². The van der Waals surface area contributed by atoms with Crippen molar-refractivity contribution in [2.24, 2.45) is 0 Å².